The molecule has 140 valence electrons. The van der Waals surface area contributed by atoms with E-state index in [-0.39, 0.29) is 17.6 Å². The van der Waals surface area contributed by atoms with E-state index in [4.69, 9.17) is 0 Å². The quantitative estimate of drug-likeness (QED) is 0.483. The van der Waals surface area contributed by atoms with Gasteiger partial charge >= 0.3 is 0 Å². The summed E-state index contributed by atoms with van der Waals surface area (Å²) in [4.78, 5) is 21.5. The van der Waals surface area contributed by atoms with Crippen LogP contribution in [0.4, 0.5) is 0 Å². The van der Waals surface area contributed by atoms with Crippen LogP contribution in [0.25, 0.3) is 21.5 Å². The highest BCUT2D eigenvalue weighted by Crippen LogP contribution is 2.31. The Hall–Kier alpha value is -3.45. The first-order chi connectivity index (χ1) is 13.5. The number of rotatable bonds is 4. The van der Waals surface area contributed by atoms with E-state index in [0.29, 0.717) is 4.88 Å². The Morgan fingerprint density at radius 1 is 1.04 bits per heavy atom. The lowest BCUT2D eigenvalue weighted by molar-refractivity contribution is 0.0931. The third kappa shape index (κ3) is 3.27. The first-order valence-electron chi connectivity index (χ1n) is 8.67. The van der Waals surface area contributed by atoms with Gasteiger partial charge < -0.3 is 15.5 Å². The third-order valence-corrected chi connectivity index (χ3v) is 5.33. The molecule has 4 aromatic rings. The maximum atomic E-state index is 12.8. The van der Waals surface area contributed by atoms with Gasteiger partial charge in [-0.1, -0.05) is 48.5 Å². The van der Waals surface area contributed by atoms with Gasteiger partial charge in [-0.3, -0.25) is 4.79 Å². The van der Waals surface area contributed by atoms with Crippen molar-refractivity contribution in [1.82, 2.24) is 15.3 Å². The van der Waals surface area contributed by atoms with Gasteiger partial charge in [-0.2, -0.15) is 4.98 Å². The van der Waals surface area contributed by atoms with Crippen molar-refractivity contribution in [3.8, 4) is 22.3 Å². The Morgan fingerprint density at radius 3 is 2.61 bits per heavy atom. The fourth-order valence-corrected chi connectivity index (χ4v) is 3.75. The average molecular weight is 391 g/mol. The minimum atomic E-state index is -0.636. The van der Waals surface area contributed by atoms with E-state index in [1.165, 1.54) is 11.3 Å². The molecular weight excluding hydrogens is 374 g/mol. The summed E-state index contributed by atoms with van der Waals surface area (Å²) in [5, 5.41) is 26.9. The molecule has 7 heteroatoms. The van der Waals surface area contributed by atoms with E-state index < -0.39 is 17.5 Å². The lowest BCUT2D eigenvalue weighted by atomic mass is 9.99. The van der Waals surface area contributed by atoms with Gasteiger partial charge in [-0.25, -0.2) is 4.98 Å². The predicted molar refractivity (Wildman–Crippen MR) is 109 cm³/mol. The number of aromatic hydroxyl groups is 2. The summed E-state index contributed by atoms with van der Waals surface area (Å²) in [6, 6.07) is 17.1. The summed E-state index contributed by atoms with van der Waals surface area (Å²) in [6.45, 7) is 1.86. The third-order valence-electron chi connectivity index (χ3n) is 4.46. The van der Waals surface area contributed by atoms with Gasteiger partial charge in [-0.15, -0.1) is 11.3 Å². The van der Waals surface area contributed by atoms with Crippen LogP contribution in [0, 0.1) is 0 Å². The molecule has 28 heavy (non-hydrogen) atoms. The second-order valence-corrected chi connectivity index (χ2v) is 7.26. The molecule has 3 N–H and O–H groups in total. The van der Waals surface area contributed by atoms with Crippen molar-refractivity contribution in [1.29, 1.82) is 0 Å². The summed E-state index contributed by atoms with van der Waals surface area (Å²) < 4.78 is 0. The van der Waals surface area contributed by atoms with Crippen molar-refractivity contribution >= 4 is 28.0 Å². The zero-order valence-corrected chi connectivity index (χ0v) is 15.8. The number of nitrogens with one attached hydrogen (secondary N) is 1. The highest BCUT2D eigenvalue weighted by molar-refractivity contribution is 7.13. The van der Waals surface area contributed by atoms with Crippen molar-refractivity contribution in [2.24, 2.45) is 0 Å². The first kappa shape index (κ1) is 17.9. The topological polar surface area (TPSA) is 95.3 Å². The molecule has 2 aromatic carbocycles. The first-order valence-corrected chi connectivity index (χ1v) is 9.55. The molecule has 1 atom stereocenters. The Balaban J connectivity index is 1.66. The summed E-state index contributed by atoms with van der Waals surface area (Å²) in [5.74, 6) is -1.66. The van der Waals surface area contributed by atoms with Gasteiger partial charge in [0, 0.05) is 0 Å². The number of carbonyl (C=O) groups is 1. The van der Waals surface area contributed by atoms with Gasteiger partial charge in [0.2, 0.25) is 5.75 Å². The lowest BCUT2D eigenvalue weighted by Crippen LogP contribution is -2.28. The van der Waals surface area contributed by atoms with Gasteiger partial charge in [0.15, 0.2) is 11.5 Å². The molecule has 0 aliphatic heterocycles. The number of aromatic nitrogens is 2. The van der Waals surface area contributed by atoms with Crippen molar-refractivity contribution in [3.05, 3.63) is 71.2 Å². The maximum Gasteiger partial charge on any atom is 0.274 e. The van der Waals surface area contributed by atoms with Crippen molar-refractivity contribution in [2.75, 3.05) is 0 Å². The Morgan fingerprint density at radius 2 is 1.82 bits per heavy atom. The van der Waals surface area contributed by atoms with Crippen molar-refractivity contribution in [3.63, 3.8) is 0 Å². The molecule has 2 aromatic heterocycles. The number of fused-ring (bicyclic) bond motifs is 1. The molecule has 0 bridgehead atoms. The van der Waals surface area contributed by atoms with Crippen LogP contribution in [-0.2, 0) is 0 Å². The monoisotopic (exact) mass is 391 g/mol. The van der Waals surface area contributed by atoms with Crippen LogP contribution >= 0.6 is 11.3 Å². The van der Waals surface area contributed by atoms with Gasteiger partial charge in [0.25, 0.3) is 11.8 Å². The van der Waals surface area contributed by atoms with Crippen LogP contribution in [0.1, 0.15) is 29.0 Å². The maximum absolute atomic E-state index is 12.8. The van der Waals surface area contributed by atoms with Gasteiger partial charge in [0.1, 0.15) is 0 Å². The smallest absolute Gasteiger partial charge is 0.274 e. The molecule has 0 saturated heterocycles. The van der Waals surface area contributed by atoms with Crippen LogP contribution in [0.15, 0.2) is 60.0 Å². The molecule has 0 saturated carbocycles. The number of thiophene rings is 1. The Kier molecular flexibility index (Phi) is 4.67. The summed E-state index contributed by atoms with van der Waals surface area (Å²) >= 11 is 1.37. The van der Waals surface area contributed by atoms with Crippen molar-refractivity contribution in [2.45, 2.75) is 13.0 Å². The Labute approximate surface area is 165 Å². The van der Waals surface area contributed by atoms with E-state index in [2.05, 4.69) is 15.3 Å². The number of amides is 1. The summed E-state index contributed by atoms with van der Waals surface area (Å²) in [6.07, 6.45) is 0. The van der Waals surface area contributed by atoms with Crippen LogP contribution in [0.3, 0.4) is 0 Å². The van der Waals surface area contributed by atoms with Gasteiger partial charge in [0.05, 0.1) is 10.9 Å². The molecule has 6 nitrogen and oxygen atoms in total. The van der Waals surface area contributed by atoms with Crippen molar-refractivity contribution < 1.29 is 15.0 Å². The Bertz CT molecular complexity index is 1150. The van der Waals surface area contributed by atoms with Crippen LogP contribution in [-0.4, -0.2) is 26.1 Å². The predicted octanol–water partition coefficient (Wildman–Crippen LogP) is 4.26. The molecule has 0 aliphatic carbocycles. The second-order valence-electron chi connectivity index (χ2n) is 6.31. The fraction of sp³-hybridized carbons (Fsp3) is 0.0952. The van der Waals surface area contributed by atoms with Crippen LogP contribution < -0.4 is 5.32 Å². The van der Waals surface area contributed by atoms with Crippen LogP contribution in [0.5, 0.6) is 11.6 Å². The zero-order chi connectivity index (χ0) is 19.7. The van der Waals surface area contributed by atoms with E-state index in [1.54, 1.807) is 6.07 Å². The number of hydrogen-bond acceptors (Lipinski definition) is 6. The minimum Gasteiger partial charge on any atom is -0.501 e. The molecule has 0 fully saturated rings. The second kappa shape index (κ2) is 7.28. The molecule has 2 heterocycles. The minimum absolute atomic E-state index is 0.188. The standard InChI is InChI=1S/C21H17N3O3S/c1-12(14-9-4-7-13-6-2-3-8-15(13)14)22-20(26)17-18(25)21(27)24-19(23-17)16-10-5-11-28-16/h2-12,25H,1H3,(H,22,26)(H,23,24,27)/t12-/m1/s1. The molecule has 0 radical (unpaired) electrons. The number of nitrogens with zero attached hydrogens (tertiary/aromatic N) is 2. The van der Waals surface area contributed by atoms with E-state index in [9.17, 15) is 15.0 Å². The molecular formula is C21H17N3O3S. The SMILES string of the molecule is C[C@@H](NC(=O)c1nc(-c2cccs2)nc(O)c1O)c1cccc2ccccc12. The van der Waals surface area contributed by atoms with Gasteiger partial charge in [-0.05, 0) is 34.7 Å². The molecule has 0 unspecified atom stereocenters. The van der Waals surface area contributed by atoms with E-state index in [1.807, 2.05) is 60.8 Å². The lowest BCUT2D eigenvalue weighted by Gasteiger charge is -2.17. The van der Waals surface area contributed by atoms with E-state index in [0.717, 1.165) is 16.3 Å². The number of carbonyl (C=O) groups excluding carboxylic acids is 1. The molecule has 0 aliphatic rings. The largest absolute Gasteiger partial charge is 0.501 e. The number of hydrogen-bond donors (Lipinski definition) is 3. The highest BCUT2D eigenvalue weighted by atomic mass is 32.1. The summed E-state index contributed by atoms with van der Waals surface area (Å²) in [7, 11) is 0. The molecule has 0 spiro atoms. The fourth-order valence-electron chi connectivity index (χ4n) is 3.09. The average Bonchev–Trinajstić information content (AvgIpc) is 3.24. The number of benzene rings is 2. The molecule has 1 amide bonds. The summed E-state index contributed by atoms with van der Waals surface area (Å²) in [5.41, 5.74) is 0.686. The normalized spacial score (nSPS) is 12.0. The molecule has 4 rings (SSSR count). The zero-order valence-electron chi connectivity index (χ0n) is 15.0. The van der Waals surface area contributed by atoms with E-state index >= 15 is 0 Å². The van der Waals surface area contributed by atoms with Crippen LogP contribution in [0.2, 0.25) is 0 Å². The highest BCUT2D eigenvalue weighted by Gasteiger charge is 2.22.